The van der Waals surface area contributed by atoms with E-state index in [0.29, 0.717) is 17.0 Å². The standard InChI is InChI=1S/C17H18N2O5/c1-11(24-15-9-7-14(20)8-10-15)18-17(22)19-13-5-3-12(4-6-13)16(21)23-2/h3-11,20H,1-2H3,(H2,18,19,22). The van der Waals surface area contributed by atoms with Gasteiger partial charge in [0.2, 0.25) is 0 Å². The van der Waals surface area contributed by atoms with E-state index < -0.39 is 18.2 Å². The van der Waals surface area contributed by atoms with Crippen molar-refractivity contribution in [2.45, 2.75) is 13.2 Å². The lowest BCUT2D eigenvalue weighted by molar-refractivity contribution is 0.0600. The van der Waals surface area contributed by atoms with Crippen LogP contribution in [-0.4, -0.2) is 30.4 Å². The third-order valence-electron chi connectivity index (χ3n) is 3.05. The lowest BCUT2D eigenvalue weighted by atomic mass is 10.2. The molecular formula is C17H18N2O5. The van der Waals surface area contributed by atoms with Crippen molar-refractivity contribution in [2.75, 3.05) is 12.4 Å². The molecule has 0 aromatic heterocycles. The summed E-state index contributed by atoms with van der Waals surface area (Å²) in [5, 5.41) is 14.4. The second kappa shape index (κ2) is 7.87. The van der Waals surface area contributed by atoms with Gasteiger partial charge in [0.05, 0.1) is 12.7 Å². The molecule has 7 heteroatoms. The molecule has 1 unspecified atom stereocenters. The van der Waals surface area contributed by atoms with E-state index in [-0.39, 0.29) is 5.75 Å². The summed E-state index contributed by atoms with van der Waals surface area (Å²) in [6.45, 7) is 1.67. The van der Waals surface area contributed by atoms with E-state index in [4.69, 9.17) is 4.74 Å². The molecule has 2 rings (SSSR count). The van der Waals surface area contributed by atoms with Gasteiger partial charge in [-0.05, 0) is 55.5 Å². The van der Waals surface area contributed by atoms with E-state index in [2.05, 4.69) is 15.4 Å². The predicted molar refractivity (Wildman–Crippen MR) is 88.1 cm³/mol. The highest BCUT2D eigenvalue weighted by Crippen LogP contribution is 2.16. The minimum absolute atomic E-state index is 0.135. The first-order valence-corrected chi connectivity index (χ1v) is 7.19. The van der Waals surface area contributed by atoms with E-state index in [1.807, 2.05) is 0 Å². The maximum absolute atomic E-state index is 11.9. The molecule has 7 nitrogen and oxygen atoms in total. The highest BCUT2D eigenvalue weighted by molar-refractivity contribution is 5.92. The number of esters is 1. The minimum atomic E-state index is -0.580. The minimum Gasteiger partial charge on any atom is -0.508 e. The number of anilines is 1. The van der Waals surface area contributed by atoms with Crippen LogP contribution in [0, 0.1) is 0 Å². The van der Waals surface area contributed by atoms with Crippen LogP contribution in [0.5, 0.6) is 11.5 Å². The number of carbonyl (C=O) groups is 2. The Balaban J connectivity index is 1.85. The van der Waals surface area contributed by atoms with Gasteiger partial charge in [-0.15, -0.1) is 0 Å². The molecule has 0 fully saturated rings. The van der Waals surface area contributed by atoms with Gasteiger partial charge in [0.25, 0.3) is 0 Å². The number of phenols is 1. The fourth-order valence-corrected chi connectivity index (χ4v) is 1.92. The van der Waals surface area contributed by atoms with Crippen molar-refractivity contribution in [3.63, 3.8) is 0 Å². The molecule has 1 atom stereocenters. The molecule has 2 aromatic rings. The fraction of sp³-hybridized carbons (Fsp3) is 0.176. The molecule has 126 valence electrons. The topological polar surface area (TPSA) is 96.9 Å². The molecule has 0 saturated heterocycles. The van der Waals surface area contributed by atoms with Gasteiger partial charge in [-0.1, -0.05) is 0 Å². The average Bonchev–Trinajstić information content (AvgIpc) is 2.56. The van der Waals surface area contributed by atoms with Crippen molar-refractivity contribution in [2.24, 2.45) is 0 Å². The van der Waals surface area contributed by atoms with Gasteiger partial charge in [0.15, 0.2) is 6.23 Å². The van der Waals surface area contributed by atoms with Crippen LogP contribution in [0.1, 0.15) is 17.3 Å². The highest BCUT2D eigenvalue weighted by atomic mass is 16.5. The summed E-state index contributed by atoms with van der Waals surface area (Å²) in [5.41, 5.74) is 0.921. The summed E-state index contributed by atoms with van der Waals surface area (Å²) in [6, 6.07) is 12.0. The van der Waals surface area contributed by atoms with Crippen LogP contribution in [0.3, 0.4) is 0 Å². The Bertz CT molecular complexity index is 698. The van der Waals surface area contributed by atoms with Crippen LogP contribution in [0.25, 0.3) is 0 Å². The van der Waals surface area contributed by atoms with E-state index in [1.54, 1.807) is 43.3 Å². The van der Waals surface area contributed by atoms with Gasteiger partial charge in [-0.25, -0.2) is 9.59 Å². The molecule has 0 aliphatic heterocycles. The number of benzene rings is 2. The Labute approximate surface area is 139 Å². The summed E-state index contributed by atoms with van der Waals surface area (Å²) >= 11 is 0. The summed E-state index contributed by atoms with van der Waals surface area (Å²) in [5.74, 6) is 0.209. The zero-order valence-corrected chi connectivity index (χ0v) is 13.3. The number of carbonyl (C=O) groups excluding carboxylic acids is 2. The average molecular weight is 330 g/mol. The number of amides is 2. The number of urea groups is 1. The molecule has 0 saturated carbocycles. The second-order valence-electron chi connectivity index (χ2n) is 4.92. The van der Waals surface area contributed by atoms with Crippen LogP contribution in [0.2, 0.25) is 0 Å². The quantitative estimate of drug-likeness (QED) is 0.578. The van der Waals surface area contributed by atoms with Crippen molar-refractivity contribution >= 4 is 17.7 Å². The molecule has 3 N–H and O–H groups in total. The molecule has 2 aromatic carbocycles. The maximum Gasteiger partial charge on any atom is 0.337 e. The number of phenolic OH excluding ortho intramolecular Hbond substituents is 1. The molecule has 0 radical (unpaired) electrons. The van der Waals surface area contributed by atoms with Crippen molar-refractivity contribution < 1.29 is 24.2 Å². The monoisotopic (exact) mass is 330 g/mol. The smallest absolute Gasteiger partial charge is 0.337 e. The fourth-order valence-electron chi connectivity index (χ4n) is 1.92. The molecule has 0 aliphatic rings. The second-order valence-corrected chi connectivity index (χ2v) is 4.92. The summed E-state index contributed by atoms with van der Waals surface area (Å²) in [7, 11) is 1.30. The molecule has 0 aliphatic carbocycles. The maximum atomic E-state index is 11.9. The lowest BCUT2D eigenvalue weighted by Gasteiger charge is -2.16. The number of methoxy groups -OCH3 is 1. The Morgan fingerprint density at radius 1 is 1.04 bits per heavy atom. The lowest BCUT2D eigenvalue weighted by Crippen LogP contribution is -2.39. The molecule has 0 bridgehead atoms. The van der Waals surface area contributed by atoms with Crippen LogP contribution in [0.15, 0.2) is 48.5 Å². The zero-order valence-electron chi connectivity index (χ0n) is 13.3. The number of ether oxygens (including phenoxy) is 2. The highest BCUT2D eigenvalue weighted by Gasteiger charge is 2.10. The van der Waals surface area contributed by atoms with E-state index in [0.717, 1.165) is 0 Å². The number of aromatic hydroxyl groups is 1. The van der Waals surface area contributed by atoms with Gasteiger partial charge in [-0.3, -0.25) is 0 Å². The van der Waals surface area contributed by atoms with Crippen molar-refractivity contribution in [1.29, 1.82) is 0 Å². The first-order valence-electron chi connectivity index (χ1n) is 7.19. The molecule has 0 heterocycles. The Kier molecular flexibility index (Phi) is 5.62. The third-order valence-corrected chi connectivity index (χ3v) is 3.05. The van der Waals surface area contributed by atoms with Gasteiger partial charge in [-0.2, -0.15) is 0 Å². The molecule has 24 heavy (non-hydrogen) atoms. The van der Waals surface area contributed by atoms with Crippen LogP contribution >= 0.6 is 0 Å². The Morgan fingerprint density at radius 3 is 2.25 bits per heavy atom. The molecule has 0 spiro atoms. The number of hydrogen-bond acceptors (Lipinski definition) is 5. The Morgan fingerprint density at radius 2 is 1.67 bits per heavy atom. The van der Waals surface area contributed by atoms with Crippen LogP contribution in [0.4, 0.5) is 10.5 Å². The normalized spacial score (nSPS) is 11.2. The van der Waals surface area contributed by atoms with E-state index in [1.165, 1.54) is 19.2 Å². The van der Waals surface area contributed by atoms with Gasteiger partial charge in [0.1, 0.15) is 11.5 Å². The van der Waals surface area contributed by atoms with Gasteiger partial charge in [0, 0.05) is 5.69 Å². The largest absolute Gasteiger partial charge is 0.508 e. The molecular weight excluding hydrogens is 312 g/mol. The van der Waals surface area contributed by atoms with Crippen molar-refractivity contribution in [1.82, 2.24) is 5.32 Å². The first-order chi connectivity index (χ1) is 11.5. The van der Waals surface area contributed by atoms with Crippen molar-refractivity contribution in [3.8, 4) is 11.5 Å². The van der Waals surface area contributed by atoms with Gasteiger partial charge < -0.3 is 25.2 Å². The van der Waals surface area contributed by atoms with Crippen LogP contribution in [-0.2, 0) is 4.74 Å². The summed E-state index contributed by atoms with van der Waals surface area (Å²) in [6.07, 6.45) is -0.580. The third kappa shape index (κ3) is 4.91. The van der Waals surface area contributed by atoms with Gasteiger partial charge >= 0.3 is 12.0 Å². The summed E-state index contributed by atoms with van der Waals surface area (Å²) in [4.78, 5) is 23.2. The van der Waals surface area contributed by atoms with E-state index in [9.17, 15) is 14.7 Å². The SMILES string of the molecule is COC(=O)c1ccc(NC(=O)NC(C)Oc2ccc(O)cc2)cc1. The molecule has 2 amide bonds. The zero-order chi connectivity index (χ0) is 17.5. The Hall–Kier alpha value is -3.22. The number of nitrogens with one attached hydrogen (secondary N) is 2. The van der Waals surface area contributed by atoms with Crippen LogP contribution < -0.4 is 15.4 Å². The summed E-state index contributed by atoms with van der Waals surface area (Å²) < 4.78 is 10.1. The first kappa shape index (κ1) is 17.1. The predicted octanol–water partition coefficient (Wildman–Crippen LogP) is 2.73. The number of rotatable bonds is 5. The number of hydrogen-bond donors (Lipinski definition) is 3. The van der Waals surface area contributed by atoms with E-state index >= 15 is 0 Å². The van der Waals surface area contributed by atoms with Crippen molar-refractivity contribution in [3.05, 3.63) is 54.1 Å².